The Hall–Kier alpha value is -2.66. The summed E-state index contributed by atoms with van der Waals surface area (Å²) in [4.78, 5) is 12.5. The first-order chi connectivity index (χ1) is 13.2. The van der Waals surface area contributed by atoms with Gasteiger partial charge in [-0.05, 0) is 36.1 Å². The van der Waals surface area contributed by atoms with Crippen LogP contribution < -0.4 is 10.6 Å². The molecule has 1 atom stereocenters. The first kappa shape index (κ1) is 17.7. The molecule has 0 aliphatic heterocycles. The van der Waals surface area contributed by atoms with Crippen LogP contribution in [0.5, 0.6) is 0 Å². The molecular formula is C22H26N4O. The first-order valence-electron chi connectivity index (χ1n) is 9.77. The fourth-order valence-corrected chi connectivity index (χ4v) is 4.02. The highest BCUT2D eigenvalue weighted by atomic mass is 16.2. The fraction of sp³-hybridized carbons (Fsp3) is 0.364. The van der Waals surface area contributed by atoms with Crippen molar-refractivity contribution >= 4 is 22.5 Å². The molecule has 4 rings (SSSR count). The molecule has 1 fully saturated rings. The minimum atomic E-state index is -0.0400. The van der Waals surface area contributed by atoms with Gasteiger partial charge in [0.2, 0.25) is 5.91 Å². The van der Waals surface area contributed by atoms with Crippen LogP contribution >= 0.6 is 0 Å². The number of hydrogen-bond donors (Lipinski definition) is 2. The molecule has 1 saturated carbocycles. The predicted octanol–water partition coefficient (Wildman–Crippen LogP) is 4.44. The van der Waals surface area contributed by atoms with Gasteiger partial charge in [-0.25, -0.2) is 4.68 Å². The Morgan fingerprint density at radius 3 is 2.78 bits per heavy atom. The number of hydrogen-bond acceptors (Lipinski definition) is 3. The number of nitrogens with zero attached hydrogens (tertiary/aromatic N) is 2. The molecule has 1 aliphatic rings. The lowest BCUT2D eigenvalue weighted by molar-refractivity contribution is -0.115. The van der Waals surface area contributed by atoms with Crippen LogP contribution in [0.25, 0.3) is 10.8 Å². The van der Waals surface area contributed by atoms with E-state index in [9.17, 15) is 4.79 Å². The van der Waals surface area contributed by atoms with Gasteiger partial charge in [0.15, 0.2) is 0 Å². The number of anilines is 1. The van der Waals surface area contributed by atoms with E-state index in [1.54, 1.807) is 6.20 Å². The molecule has 5 nitrogen and oxygen atoms in total. The number of carbonyl (C=O) groups is 1. The number of benzene rings is 2. The van der Waals surface area contributed by atoms with Gasteiger partial charge in [0.1, 0.15) is 5.82 Å². The van der Waals surface area contributed by atoms with Gasteiger partial charge in [-0.3, -0.25) is 4.79 Å². The van der Waals surface area contributed by atoms with Crippen molar-refractivity contribution in [3.05, 3.63) is 60.3 Å². The number of nitrogens with one attached hydrogen (secondary N) is 2. The van der Waals surface area contributed by atoms with Crippen molar-refractivity contribution in [2.45, 2.75) is 44.7 Å². The Kier molecular flexibility index (Phi) is 5.21. The van der Waals surface area contributed by atoms with E-state index >= 15 is 0 Å². The summed E-state index contributed by atoms with van der Waals surface area (Å²) in [6.07, 6.45) is 6.52. The summed E-state index contributed by atoms with van der Waals surface area (Å²) in [5, 5.41) is 13.2. The van der Waals surface area contributed by atoms with Crippen LogP contribution in [0.15, 0.2) is 54.7 Å². The van der Waals surface area contributed by atoms with Gasteiger partial charge in [0, 0.05) is 12.1 Å². The summed E-state index contributed by atoms with van der Waals surface area (Å²) >= 11 is 0. The fourth-order valence-electron chi connectivity index (χ4n) is 4.02. The second-order valence-electron chi connectivity index (χ2n) is 7.32. The van der Waals surface area contributed by atoms with Crippen LogP contribution in [0.1, 0.15) is 50.3 Å². The molecule has 1 unspecified atom stereocenters. The van der Waals surface area contributed by atoms with Gasteiger partial charge in [-0.1, -0.05) is 55.3 Å². The highest BCUT2D eigenvalue weighted by molar-refractivity contribution is 5.91. The zero-order valence-electron chi connectivity index (χ0n) is 15.7. The predicted molar refractivity (Wildman–Crippen MR) is 109 cm³/mol. The number of rotatable bonds is 6. The van der Waals surface area contributed by atoms with Crippen LogP contribution in [-0.2, 0) is 4.79 Å². The van der Waals surface area contributed by atoms with Crippen molar-refractivity contribution in [3.63, 3.8) is 0 Å². The molecule has 3 aromatic rings. The summed E-state index contributed by atoms with van der Waals surface area (Å²) < 4.78 is 1.97. The molecule has 140 valence electrons. The summed E-state index contributed by atoms with van der Waals surface area (Å²) in [6.45, 7) is 2.36. The van der Waals surface area contributed by atoms with Crippen molar-refractivity contribution in [2.75, 3.05) is 11.9 Å². The molecule has 1 aliphatic carbocycles. The molecule has 5 heteroatoms. The third-order valence-corrected chi connectivity index (χ3v) is 5.47. The quantitative estimate of drug-likeness (QED) is 0.681. The highest BCUT2D eigenvalue weighted by Crippen LogP contribution is 2.31. The molecular weight excluding hydrogens is 336 g/mol. The van der Waals surface area contributed by atoms with Crippen LogP contribution in [0.4, 0.5) is 5.82 Å². The van der Waals surface area contributed by atoms with E-state index in [-0.39, 0.29) is 18.5 Å². The average Bonchev–Trinajstić information content (AvgIpc) is 3.37. The third kappa shape index (κ3) is 3.88. The van der Waals surface area contributed by atoms with Gasteiger partial charge in [-0.15, -0.1) is 0 Å². The lowest BCUT2D eigenvalue weighted by Crippen LogP contribution is -2.31. The van der Waals surface area contributed by atoms with E-state index in [0.717, 1.165) is 18.7 Å². The lowest BCUT2D eigenvalue weighted by Gasteiger charge is -2.17. The van der Waals surface area contributed by atoms with Crippen LogP contribution in [-0.4, -0.2) is 22.2 Å². The SMILES string of the molecule is CC(NCC(=O)Nc1ccnn1C1CCCC1)c1cccc2ccccc12. The van der Waals surface area contributed by atoms with E-state index in [4.69, 9.17) is 0 Å². The molecule has 0 bridgehead atoms. The first-order valence-corrected chi connectivity index (χ1v) is 9.77. The minimum absolute atomic E-state index is 0.0400. The topological polar surface area (TPSA) is 59.0 Å². The smallest absolute Gasteiger partial charge is 0.239 e. The maximum absolute atomic E-state index is 12.5. The maximum atomic E-state index is 12.5. The normalized spacial score (nSPS) is 15.9. The van der Waals surface area contributed by atoms with Gasteiger partial charge >= 0.3 is 0 Å². The second kappa shape index (κ2) is 7.92. The molecule has 0 radical (unpaired) electrons. The number of amides is 1. The summed E-state index contributed by atoms with van der Waals surface area (Å²) in [5.41, 5.74) is 1.21. The Morgan fingerprint density at radius 2 is 1.93 bits per heavy atom. The lowest BCUT2D eigenvalue weighted by atomic mass is 10.00. The third-order valence-electron chi connectivity index (χ3n) is 5.47. The average molecular weight is 362 g/mol. The van der Waals surface area contributed by atoms with Crippen molar-refractivity contribution in [3.8, 4) is 0 Å². The number of carbonyl (C=O) groups excluding carboxylic acids is 1. The molecule has 1 aromatic heterocycles. The van der Waals surface area contributed by atoms with Gasteiger partial charge < -0.3 is 10.6 Å². The Morgan fingerprint density at radius 1 is 1.15 bits per heavy atom. The molecule has 2 N–H and O–H groups in total. The standard InChI is InChI=1S/C22H26N4O/c1-16(19-12-6-8-17-7-2-5-11-20(17)19)23-15-22(27)25-21-13-14-24-26(21)18-9-3-4-10-18/h2,5-8,11-14,16,18,23H,3-4,9-10,15H2,1H3,(H,25,27). The van der Waals surface area contributed by atoms with Crippen molar-refractivity contribution in [2.24, 2.45) is 0 Å². The maximum Gasteiger partial charge on any atom is 0.239 e. The summed E-state index contributed by atoms with van der Waals surface area (Å²) in [7, 11) is 0. The van der Waals surface area contributed by atoms with Gasteiger partial charge in [0.05, 0.1) is 18.8 Å². The van der Waals surface area contributed by atoms with Gasteiger partial charge in [-0.2, -0.15) is 5.10 Å². The molecule has 27 heavy (non-hydrogen) atoms. The van der Waals surface area contributed by atoms with Crippen molar-refractivity contribution in [1.82, 2.24) is 15.1 Å². The van der Waals surface area contributed by atoms with Crippen molar-refractivity contribution in [1.29, 1.82) is 0 Å². The molecule has 0 spiro atoms. The zero-order chi connectivity index (χ0) is 18.6. The Balaban J connectivity index is 1.39. The number of aromatic nitrogens is 2. The van der Waals surface area contributed by atoms with E-state index in [0.29, 0.717) is 6.04 Å². The van der Waals surface area contributed by atoms with E-state index in [1.165, 1.54) is 29.2 Å². The van der Waals surface area contributed by atoms with Crippen molar-refractivity contribution < 1.29 is 4.79 Å². The van der Waals surface area contributed by atoms with Gasteiger partial charge in [0.25, 0.3) is 0 Å². The minimum Gasteiger partial charge on any atom is -0.310 e. The largest absolute Gasteiger partial charge is 0.310 e. The molecule has 1 amide bonds. The van der Waals surface area contributed by atoms with E-state index < -0.39 is 0 Å². The number of fused-ring (bicyclic) bond motifs is 1. The Labute approximate surface area is 159 Å². The van der Waals surface area contributed by atoms with Crippen LogP contribution in [0.2, 0.25) is 0 Å². The van der Waals surface area contributed by atoms with E-state index in [1.807, 2.05) is 16.8 Å². The van der Waals surface area contributed by atoms with Crippen LogP contribution in [0.3, 0.4) is 0 Å². The second-order valence-corrected chi connectivity index (χ2v) is 7.32. The summed E-state index contributed by atoms with van der Waals surface area (Å²) in [6, 6.07) is 17.0. The van der Waals surface area contributed by atoms with E-state index in [2.05, 4.69) is 59.1 Å². The molecule has 0 saturated heterocycles. The van der Waals surface area contributed by atoms with Crippen LogP contribution in [0, 0.1) is 0 Å². The molecule has 1 heterocycles. The Bertz CT molecular complexity index is 921. The summed E-state index contributed by atoms with van der Waals surface area (Å²) in [5.74, 6) is 0.758. The highest BCUT2D eigenvalue weighted by Gasteiger charge is 2.20. The monoisotopic (exact) mass is 362 g/mol. The zero-order valence-corrected chi connectivity index (χ0v) is 15.7. The molecule has 2 aromatic carbocycles.